The summed E-state index contributed by atoms with van der Waals surface area (Å²) in [4.78, 5) is 56.4. The van der Waals surface area contributed by atoms with Gasteiger partial charge in [0.15, 0.2) is 18.3 Å². The van der Waals surface area contributed by atoms with Crippen LogP contribution in [0, 0.1) is 62.3 Å². The molecule has 0 bridgehead atoms. The molecule has 0 amide bonds. The number of hydrogen-bond donors (Lipinski definition) is 2. The first-order valence-electron chi connectivity index (χ1n) is 32.2. The summed E-state index contributed by atoms with van der Waals surface area (Å²) >= 11 is 18.5. The lowest BCUT2D eigenvalue weighted by molar-refractivity contribution is -0.164. The van der Waals surface area contributed by atoms with E-state index in [4.69, 9.17) is 82.3 Å². The van der Waals surface area contributed by atoms with Crippen LogP contribution in [0.4, 0.5) is 0 Å². The van der Waals surface area contributed by atoms with Gasteiger partial charge in [-0.15, -0.1) is 0 Å². The molecule has 0 aliphatic heterocycles. The number of aromatic amines is 1. The summed E-state index contributed by atoms with van der Waals surface area (Å²) in [7, 11) is 2.75. The van der Waals surface area contributed by atoms with Gasteiger partial charge in [-0.05, 0) is 207 Å². The Morgan fingerprint density at radius 3 is 1.10 bits per heavy atom. The van der Waals surface area contributed by atoms with Crippen LogP contribution in [-0.4, -0.2) is 83.1 Å². The minimum absolute atomic E-state index is 0. The van der Waals surface area contributed by atoms with E-state index in [0.717, 1.165) is 111 Å². The lowest BCUT2D eigenvalue weighted by Gasteiger charge is -2.28. The van der Waals surface area contributed by atoms with Crippen LogP contribution in [0.15, 0.2) is 119 Å². The number of furan rings is 2. The highest BCUT2D eigenvalue weighted by Crippen LogP contribution is 2.46. The molecule has 0 unspecified atom stereocenters. The van der Waals surface area contributed by atoms with E-state index in [-0.39, 0.29) is 40.5 Å². The Kier molecular flexibility index (Phi) is 27.2. The minimum Gasteiger partial charge on any atom is -0.479 e. The smallest absolute Gasteiger partial charge is 0.339 e. The Morgan fingerprint density at radius 2 is 0.792 bits per heavy atom. The molecule has 11 rings (SSSR count). The summed E-state index contributed by atoms with van der Waals surface area (Å²) in [6.45, 7) is 36.3. The van der Waals surface area contributed by atoms with Gasteiger partial charge in [0.1, 0.15) is 16.9 Å². The number of aliphatic carboxylic acids is 1. The molecule has 23 heteroatoms. The van der Waals surface area contributed by atoms with Gasteiger partial charge >= 0.3 is 17.9 Å². The van der Waals surface area contributed by atoms with Gasteiger partial charge < -0.3 is 51.7 Å². The number of nitrogens with one attached hydrogen (secondary N) is 1. The molecule has 0 saturated heterocycles. The number of methoxy groups -OCH3 is 2. The summed E-state index contributed by atoms with van der Waals surface area (Å²) in [5, 5.41) is 15.0. The second-order valence-corrected chi connectivity index (χ2v) is 28.9. The lowest BCUT2D eigenvalue weighted by Crippen LogP contribution is -2.29. The highest BCUT2D eigenvalue weighted by molar-refractivity contribution is 7.59. The number of carboxylic acids is 1. The number of aromatic nitrogens is 6. The maximum atomic E-state index is 13.1. The van der Waals surface area contributed by atoms with Crippen LogP contribution in [0.2, 0.25) is 15.1 Å². The lowest BCUT2D eigenvalue weighted by atomic mass is 9.91. The molecule has 11 aromatic rings. The fourth-order valence-electron chi connectivity index (χ4n) is 12.4. The van der Waals surface area contributed by atoms with Gasteiger partial charge in [-0.3, -0.25) is 0 Å². The van der Waals surface area contributed by atoms with Gasteiger partial charge in [0.25, 0.3) is 0 Å². The Hall–Kier alpha value is -7.50. The third-order valence-corrected chi connectivity index (χ3v) is 17.9. The Labute approximate surface area is 627 Å². The highest BCUT2D eigenvalue weighted by Gasteiger charge is 2.38. The number of nitrogens with zero attached hydrogens (tertiary/aromatic N) is 5. The topological polar surface area (TPSA) is 208 Å². The summed E-state index contributed by atoms with van der Waals surface area (Å²) in [6.07, 6.45) is 3.76. The number of hydrogen-bond acceptors (Lipinski definition) is 13. The van der Waals surface area contributed by atoms with Crippen LogP contribution >= 0.6 is 75.3 Å². The minimum atomic E-state index is -1.18. The number of H-pyrrole nitrogens is 1. The monoisotopic (exact) mass is 1490 g/mol. The quantitative estimate of drug-likeness (QED) is 0.0863. The second kappa shape index (κ2) is 33.3. The number of ether oxygens (including phenoxy) is 5. The summed E-state index contributed by atoms with van der Waals surface area (Å²) in [5.41, 5.74) is 18.4. The van der Waals surface area contributed by atoms with Gasteiger partial charge in [0.05, 0.1) is 69.2 Å². The number of esters is 2. The molecule has 0 radical (unpaired) electrons. The first-order chi connectivity index (χ1) is 46.0. The highest BCUT2D eigenvalue weighted by atomic mass is 35.5. The molecule has 0 spiro atoms. The molecule has 8 aromatic heterocycles. The van der Waals surface area contributed by atoms with E-state index in [2.05, 4.69) is 34.9 Å². The molecule has 3 atom stereocenters. The molecular weight excluding hydrogens is 1400 g/mol. The van der Waals surface area contributed by atoms with Crippen molar-refractivity contribution in [2.75, 3.05) is 14.2 Å². The maximum Gasteiger partial charge on any atom is 0.339 e. The predicted molar refractivity (Wildman–Crippen MR) is 419 cm³/mol. The van der Waals surface area contributed by atoms with Crippen LogP contribution in [0.3, 0.4) is 0 Å². The van der Waals surface area contributed by atoms with Crippen molar-refractivity contribution in [1.82, 2.24) is 29.1 Å². The molecule has 8 heterocycles. The van der Waals surface area contributed by atoms with E-state index in [9.17, 15) is 19.5 Å². The molecule has 0 aliphatic rings. The number of benzene rings is 3. The average Bonchev–Trinajstić information content (AvgIpc) is 1.64. The first-order valence-corrected chi connectivity index (χ1v) is 33.4. The standard InChI is InChI=1S/C28H31ClN2O4.C27H29ClN2O4.C23H27ClN2O3.3H2S/c1-16-18(3)31(14-19-12-13-34-15-19)26-22(16)24(20-8-10-21(29)11-9-20)23(17(2)30-26)25(27(32)33-7)35-28(4,5)6;1-15-17(3)30(13-18-11-12-33-14-18)25-21(15)23(19-7-9-20(28)10-8-19)22(16(2)29-25)24(26(31)32)34-27(4,5)6;1-12-13(2)25-21-17(12)19(15-8-10-16(24)11-9-15)18(14(3)26-21)20(22(27)28-7)29-23(4,5)6;;;/h8-13,15,25H,14H2,1-7H3;7-12,14,24H,13H2,1-6H3,(H,31,32);8-11,20H,1-7H3,(H,25,26);3*1H2/t25-;24-;20-;;;/m000.../s1. The molecule has 0 aliphatic carbocycles. The van der Waals surface area contributed by atoms with Crippen LogP contribution < -0.4 is 0 Å². The van der Waals surface area contributed by atoms with Gasteiger partial charge in [-0.1, -0.05) is 71.2 Å². The molecular formula is C78H93Cl3N6O11S3. The van der Waals surface area contributed by atoms with Gasteiger partial charge in [0, 0.05) is 110 Å². The van der Waals surface area contributed by atoms with Crippen molar-refractivity contribution in [2.45, 2.75) is 173 Å². The van der Waals surface area contributed by atoms with E-state index in [1.807, 2.05) is 189 Å². The zero-order valence-electron chi connectivity index (χ0n) is 60.9. The molecule has 0 fully saturated rings. The number of aryl methyl sites for hydroxylation is 7. The van der Waals surface area contributed by atoms with E-state index >= 15 is 0 Å². The van der Waals surface area contributed by atoms with E-state index in [1.54, 1.807) is 25.1 Å². The fourth-order valence-corrected chi connectivity index (χ4v) is 12.8. The summed E-state index contributed by atoms with van der Waals surface area (Å²) < 4.78 is 43.7. The summed E-state index contributed by atoms with van der Waals surface area (Å²) in [5.74, 6) is -1.97. The van der Waals surface area contributed by atoms with Crippen LogP contribution in [0.1, 0.15) is 159 Å². The zero-order chi connectivity index (χ0) is 71.8. The van der Waals surface area contributed by atoms with Crippen LogP contribution in [0.25, 0.3) is 66.5 Å². The van der Waals surface area contributed by atoms with E-state index in [0.29, 0.717) is 61.9 Å². The van der Waals surface area contributed by atoms with Crippen LogP contribution in [0.5, 0.6) is 0 Å². The molecule has 101 heavy (non-hydrogen) atoms. The zero-order valence-corrected chi connectivity index (χ0v) is 66.2. The number of pyridine rings is 3. The maximum absolute atomic E-state index is 13.1. The molecule has 3 aromatic carbocycles. The van der Waals surface area contributed by atoms with Crippen molar-refractivity contribution >= 4 is 126 Å². The van der Waals surface area contributed by atoms with Crippen LogP contribution in [-0.2, 0) is 51.2 Å². The second-order valence-electron chi connectivity index (χ2n) is 27.5. The number of carbonyl (C=O) groups is 3. The van der Waals surface area contributed by atoms with Crippen molar-refractivity contribution in [3.63, 3.8) is 0 Å². The average molecular weight is 1490 g/mol. The normalized spacial score (nSPS) is 12.5. The fraction of sp³-hybridized carbons (Fsp3) is 0.359. The molecule has 0 saturated carbocycles. The molecule has 17 nitrogen and oxygen atoms in total. The third kappa shape index (κ3) is 18.3. The molecule has 2 N–H and O–H groups in total. The first kappa shape index (κ1) is 82.5. The number of carboxylic acid groups (broad SMARTS) is 1. The van der Waals surface area contributed by atoms with Crippen molar-refractivity contribution in [3.05, 3.63) is 204 Å². The molecule has 540 valence electrons. The third-order valence-electron chi connectivity index (χ3n) is 17.1. The van der Waals surface area contributed by atoms with Gasteiger partial charge in [0.2, 0.25) is 0 Å². The summed E-state index contributed by atoms with van der Waals surface area (Å²) in [6, 6.07) is 26.6. The number of rotatable bonds is 16. The van der Waals surface area contributed by atoms with Crippen molar-refractivity contribution in [1.29, 1.82) is 0 Å². The largest absolute Gasteiger partial charge is 0.479 e. The van der Waals surface area contributed by atoms with Crippen molar-refractivity contribution in [2.24, 2.45) is 0 Å². The van der Waals surface area contributed by atoms with Crippen molar-refractivity contribution < 1.29 is 52.0 Å². The predicted octanol–water partition coefficient (Wildman–Crippen LogP) is 20.0. The van der Waals surface area contributed by atoms with E-state index < -0.39 is 53.0 Å². The number of carbonyl (C=O) groups excluding carboxylic acids is 2. The van der Waals surface area contributed by atoms with Gasteiger partial charge in [-0.2, -0.15) is 40.5 Å². The number of fused-ring (bicyclic) bond motifs is 3. The Morgan fingerprint density at radius 1 is 0.475 bits per heavy atom. The van der Waals surface area contributed by atoms with E-state index in [1.165, 1.54) is 14.2 Å². The van der Waals surface area contributed by atoms with Gasteiger partial charge in [-0.25, -0.2) is 29.3 Å². The Bertz CT molecular complexity index is 4740. The SMILES string of the molecule is COC(=O)[C@@H](OC(C)(C)C)c1c(C)nc2[nH]c(C)c(C)c2c1-c1ccc(Cl)cc1.COC(=O)[C@@H](OC(C)(C)C)c1c(C)nc2c(c(C)c(C)n2Cc2ccoc2)c1-c1ccc(Cl)cc1.Cc1nc2c(c(C)c(C)n2Cc2ccoc2)c(-c2ccc(Cl)cc2)c1[C@H](OC(C)(C)C)C(=O)O.S.S.S. The number of halogens is 3. The Balaban J connectivity index is 0.000000236. The van der Waals surface area contributed by atoms with Crippen molar-refractivity contribution in [3.8, 4) is 33.4 Å².